The average Bonchev–Trinajstić information content (AvgIpc) is 2.80. The topological polar surface area (TPSA) is 52.0 Å². The van der Waals surface area contributed by atoms with Gasteiger partial charge < -0.3 is 10.2 Å². The van der Waals surface area contributed by atoms with Crippen LogP contribution < -0.4 is 5.73 Å². The molecular formula is C16H22N2O. The molecule has 1 aliphatic carbocycles. The Morgan fingerprint density at radius 1 is 1.32 bits per heavy atom. The molecule has 2 N–H and O–H groups in total. The van der Waals surface area contributed by atoms with E-state index in [1.54, 1.807) is 0 Å². The van der Waals surface area contributed by atoms with Crippen LogP contribution in [0.2, 0.25) is 0 Å². The number of fused-ring (bicyclic) bond motifs is 1. The van der Waals surface area contributed by atoms with Crippen molar-refractivity contribution in [1.29, 1.82) is 0 Å². The van der Waals surface area contributed by atoms with Crippen molar-refractivity contribution >= 4 is 11.1 Å². The highest BCUT2D eigenvalue weighted by molar-refractivity contribution is 5.73. The lowest BCUT2D eigenvalue weighted by Crippen LogP contribution is -2.23. The molecule has 3 rings (SSSR count). The number of benzene rings is 1. The third-order valence-electron chi connectivity index (χ3n) is 4.42. The second-order valence-corrected chi connectivity index (χ2v) is 5.70. The number of oxazole rings is 1. The van der Waals surface area contributed by atoms with E-state index >= 15 is 0 Å². The molecule has 19 heavy (non-hydrogen) atoms. The summed E-state index contributed by atoms with van der Waals surface area (Å²) < 4.78 is 5.54. The summed E-state index contributed by atoms with van der Waals surface area (Å²) in [5.41, 5.74) is 9.21. The maximum atomic E-state index is 6.04. The number of hydrogen-bond acceptors (Lipinski definition) is 3. The fourth-order valence-electron chi connectivity index (χ4n) is 3.43. The Labute approximate surface area is 114 Å². The van der Waals surface area contributed by atoms with Crippen LogP contribution in [0, 0.1) is 12.8 Å². The standard InChI is InChI=1S/C16H22N2O/c1-11-18-15-9-13(7-8-16(15)19-11)14(10-17)12-5-3-2-4-6-12/h7-9,12,14H,2-6,10,17H2,1H3. The van der Waals surface area contributed by atoms with Crippen molar-refractivity contribution in [2.75, 3.05) is 6.54 Å². The minimum absolute atomic E-state index is 0.474. The number of nitrogens with two attached hydrogens (primary N) is 1. The monoisotopic (exact) mass is 258 g/mol. The third-order valence-corrected chi connectivity index (χ3v) is 4.42. The van der Waals surface area contributed by atoms with Gasteiger partial charge in [-0.2, -0.15) is 0 Å². The summed E-state index contributed by atoms with van der Waals surface area (Å²) in [4.78, 5) is 4.43. The number of nitrogens with zero attached hydrogens (tertiary/aromatic N) is 1. The van der Waals surface area contributed by atoms with E-state index in [1.165, 1.54) is 37.7 Å². The first-order valence-electron chi connectivity index (χ1n) is 7.35. The molecule has 102 valence electrons. The Morgan fingerprint density at radius 2 is 2.11 bits per heavy atom. The Kier molecular flexibility index (Phi) is 3.56. The molecule has 1 saturated carbocycles. The van der Waals surface area contributed by atoms with Crippen LogP contribution in [0.1, 0.15) is 49.5 Å². The zero-order chi connectivity index (χ0) is 13.2. The molecule has 3 nitrogen and oxygen atoms in total. The van der Waals surface area contributed by atoms with Gasteiger partial charge in [0.15, 0.2) is 11.5 Å². The molecule has 2 aromatic rings. The van der Waals surface area contributed by atoms with Crippen LogP contribution in [0.5, 0.6) is 0 Å². The van der Waals surface area contributed by atoms with Crippen molar-refractivity contribution in [3.63, 3.8) is 0 Å². The van der Waals surface area contributed by atoms with E-state index < -0.39 is 0 Å². The Balaban J connectivity index is 1.91. The molecular weight excluding hydrogens is 236 g/mol. The molecule has 0 spiro atoms. The molecule has 1 heterocycles. The predicted molar refractivity (Wildman–Crippen MR) is 77.1 cm³/mol. The summed E-state index contributed by atoms with van der Waals surface area (Å²) >= 11 is 0. The van der Waals surface area contributed by atoms with Gasteiger partial charge in [0, 0.05) is 6.92 Å². The van der Waals surface area contributed by atoms with Crippen LogP contribution in [0.3, 0.4) is 0 Å². The van der Waals surface area contributed by atoms with Crippen molar-refractivity contribution in [3.8, 4) is 0 Å². The van der Waals surface area contributed by atoms with Gasteiger partial charge in [-0.1, -0.05) is 25.3 Å². The number of aromatic nitrogens is 1. The molecule has 0 bridgehead atoms. The summed E-state index contributed by atoms with van der Waals surface area (Å²) in [5, 5.41) is 0. The Hall–Kier alpha value is -1.35. The maximum Gasteiger partial charge on any atom is 0.192 e. The molecule has 1 fully saturated rings. The summed E-state index contributed by atoms with van der Waals surface area (Å²) in [6.45, 7) is 2.62. The number of hydrogen-bond donors (Lipinski definition) is 1. The van der Waals surface area contributed by atoms with Gasteiger partial charge in [-0.15, -0.1) is 0 Å². The Bertz CT molecular complexity index is 555. The zero-order valence-corrected chi connectivity index (χ0v) is 11.6. The minimum atomic E-state index is 0.474. The molecule has 0 saturated heterocycles. The summed E-state index contributed by atoms with van der Waals surface area (Å²) in [5.74, 6) is 1.94. The van der Waals surface area contributed by atoms with Crippen LogP contribution in [-0.2, 0) is 0 Å². The van der Waals surface area contributed by atoms with Crippen molar-refractivity contribution in [1.82, 2.24) is 4.98 Å². The Morgan fingerprint density at radius 3 is 2.84 bits per heavy atom. The van der Waals surface area contributed by atoms with Gasteiger partial charge in [-0.25, -0.2) is 4.98 Å². The van der Waals surface area contributed by atoms with E-state index in [4.69, 9.17) is 10.2 Å². The van der Waals surface area contributed by atoms with Crippen molar-refractivity contribution < 1.29 is 4.42 Å². The fraction of sp³-hybridized carbons (Fsp3) is 0.562. The van der Waals surface area contributed by atoms with Crippen LogP contribution in [-0.4, -0.2) is 11.5 Å². The van der Waals surface area contributed by atoms with Gasteiger partial charge in [0.25, 0.3) is 0 Å². The minimum Gasteiger partial charge on any atom is -0.441 e. The molecule has 3 heteroatoms. The van der Waals surface area contributed by atoms with Gasteiger partial charge in [-0.05, 0) is 48.9 Å². The predicted octanol–water partition coefficient (Wildman–Crippen LogP) is 3.76. The lowest BCUT2D eigenvalue weighted by atomic mass is 9.77. The van der Waals surface area contributed by atoms with Crippen molar-refractivity contribution in [2.45, 2.75) is 44.9 Å². The van der Waals surface area contributed by atoms with E-state index in [-0.39, 0.29) is 0 Å². The van der Waals surface area contributed by atoms with Crippen molar-refractivity contribution in [3.05, 3.63) is 29.7 Å². The lowest BCUT2D eigenvalue weighted by Gasteiger charge is -2.29. The van der Waals surface area contributed by atoms with Crippen LogP contribution in [0.25, 0.3) is 11.1 Å². The smallest absolute Gasteiger partial charge is 0.192 e. The highest BCUT2D eigenvalue weighted by atomic mass is 16.3. The van der Waals surface area contributed by atoms with Crippen molar-refractivity contribution in [2.24, 2.45) is 11.7 Å². The number of rotatable bonds is 3. The van der Waals surface area contributed by atoms with Crippen LogP contribution >= 0.6 is 0 Å². The van der Waals surface area contributed by atoms with Crippen LogP contribution in [0.4, 0.5) is 0 Å². The molecule has 0 radical (unpaired) electrons. The highest BCUT2D eigenvalue weighted by Gasteiger charge is 2.24. The molecule has 0 aliphatic heterocycles. The number of aryl methyl sites for hydroxylation is 1. The van der Waals surface area contributed by atoms with E-state index in [0.29, 0.717) is 5.92 Å². The third kappa shape index (κ3) is 2.52. The van der Waals surface area contributed by atoms with E-state index in [0.717, 1.165) is 29.5 Å². The second kappa shape index (κ2) is 5.33. The highest BCUT2D eigenvalue weighted by Crippen LogP contribution is 2.36. The summed E-state index contributed by atoms with van der Waals surface area (Å²) in [7, 11) is 0. The summed E-state index contributed by atoms with van der Waals surface area (Å²) in [6, 6.07) is 6.37. The summed E-state index contributed by atoms with van der Waals surface area (Å²) in [6.07, 6.45) is 6.73. The SMILES string of the molecule is Cc1nc2cc(C(CN)C3CCCCC3)ccc2o1. The van der Waals surface area contributed by atoms with Gasteiger partial charge in [0.2, 0.25) is 0 Å². The van der Waals surface area contributed by atoms with Crippen LogP contribution in [0.15, 0.2) is 22.6 Å². The molecule has 1 aliphatic rings. The average molecular weight is 258 g/mol. The quantitative estimate of drug-likeness (QED) is 0.912. The molecule has 1 aromatic carbocycles. The lowest BCUT2D eigenvalue weighted by molar-refractivity contribution is 0.307. The van der Waals surface area contributed by atoms with E-state index in [9.17, 15) is 0 Å². The largest absolute Gasteiger partial charge is 0.441 e. The molecule has 1 atom stereocenters. The molecule has 1 aromatic heterocycles. The zero-order valence-electron chi connectivity index (χ0n) is 11.6. The van der Waals surface area contributed by atoms with E-state index in [2.05, 4.69) is 17.1 Å². The first-order chi connectivity index (χ1) is 9.28. The maximum absolute atomic E-state index is 6.04. The van der Waals surface area contributed by atoms with E-state index in [1.807, 2.05) is 13.0 Å². The molecule has 0 amide bonds. The first kappa shape index (κ1) is 12.7. The van der Waals surface area contributed by atoms with Gasteiger partial charge >= 0.3 is 0 Å². The first-order valence-corrected chi connectivity index (χ1v) is 7.35. The normalized spacial score (nSPS) is 18.8. The fourth-order valence-corrected chi connectivity index (χ4v) is 3.43. The second-order valence-electron chi connectivity index (χ2n) is 5.70. The van der Waals surface area contributed by atoms with Gasteiger partial charge in [-0.3, -0.25) is 0 Å². The molecule has 1 unspecified atom stereocenters. The van der Waals surface area contributed by atoms with Gasteiger partial charge in [0.1, 0.15) is 5.52 Å². The van der Waals surface area contributed by atoms with Gasteiger partial charge in [0.05, 0.1) is 0 Å².